The first-order chi connectivity index (χ1) is 7.06. The molecule has 0 spiro atoms. The lowest BCUT2D eigenvalue weighted by Crippen LogP contribution is -2.23. The van der Waals surface area contributed by atoms with Gasteiger partial charge in [0.1, 0.15) is 5.75 Å². The summed E-state index contributed by atoms with van der Waals surface area (Å²) in [5.74, 6) is 0.408. The molecule has 1 atom stereocenters. The zero-order valence-corrected chi connectivity index (χ0v) is 10.1. The van der Waals surface area contributed by atoms with Crippen LogP contribution in [0.25, 0.3) is 0 Å². The fraction of sp³-hybridized carbons (Fsp3) is 0.538. The predicted octanol–water partition coefficient (Wildman–Crippen LogP) is 3.10. The zero-order valence-electron chi connectivity index (χ0n) is 10.1. The van der Waals surface area contributed by atoms with Crippen LogP contribution in [0.15, 0.2) is 18.2 Å². The molecular formula is C13H21NO. The third-order valence-corrected chi connectivity index (χ3v) is 2.87. The number of nitrogens with zero attached hydrogens (tertiary/aromatic N) is 1. The molecule has 1 unspecified atom stereocenters. The maximum absolute atomic E-state index is 9.85. The molecule has 0 bridgehead atoms. The minimum atomic E-state index is 0.269. The van der Waals surface area contributed by atoms with E-state index in [0.29, 0.717) is 5.75 Å². The van der Waals surface area contributed by atoms with Gasteiger partial charge in [-0.15, -0.1) is 0 Å². The summed E-state index contributed by atoms with van der Waals surface area (Å²) in [5, 5.41) is 9.85. The van der Waals surface area contributed by atoms with E-state index in [0.717, 1.165) is 24.1 Å². The topological polar surface area (TPSA) is 23.5 Å². The van der Waals surface area contributed by atoms with Crippen LogP contribution in [0.3, 0.4) is 0 Å². The maximum atomic E-state index is 9.85. The highest BCUT2D eigenvalue weighted by atomic mass is 16.3. The van der Waals surface area contributed by atoms with E-state index in [1.165, 1.54) is 0 Å². The molecule has 2 heteroatoms. The van der Waals surface area contributed by atoms with Crippen LogP contribution in [-0.4, -0.2) is 23.6 Å². The molecular weight excluding hydrogens is 186 g/mol. The summed E-state index contributed by atoms with van der Waals surface area (Å²) in [7, 11) is 2.09. The van der Waals surface area contributed by atoms with Gasteiger partial charge in [0.15, 0.2) is 0 Å². The number of hydrogen-bond acceptors (Lipinski definition) is 2. The van der Waals surface area contributed by atoms with Gasteiger partial charge in [-0.25, -0.2) is 0 Å². The highest BCUT2D eigenvalue weighted by molar-refractivity contribution is 5.37. The van der Waals surface area contributed by atoms with Gasteiger partial charge in [0.05, 0.1) is 0 Å². The molecule has 1 N–H and O–H groups in total. The Balaban J connectivity index is 2.86. The number of benzene rings is 1. The first kappa shape index (κ1) is 12.1. The van der Waals surface area contributed by atoms with Crippen molar-refractivity contribution >= 4 is 0 Å². The van der Waals surface area contributed by atoms with Crippen LogP contribution in [0.2, 0.25) is 0 Å². The smallest absolute Gasteiger partial charge is 0.120 e. The first-order valence-corrected chi connectivity index (χ1v) is 5.56. The summed E-state index contributed by atoms with van der Waals surface area (Å²) >= 11 is 0. The van der Waals surface area contributed by atoms with E-state index >= 15 is 0 Å². The molecule has 0 aliphatic heterocycles. The van der Waals surface area contributed by atoms with E-state index in [2.05, 4.69) is 25.8 Å². The van der Waals surface area contributed by atoms with Crippen molar-refractivity contribution in [3.8, 4) is 5.75 Å². The zero-order chi connectivity index (χ0) is 11.4. The monoisotopic (exact) mass is 207 g/mol. The predicted molar refractivity (Wildman–Crippen MR) is 64.2 cm³/mol. The van der Waals surface area contributed by atoms with E-state index in [1.54, 1.807) is 0 Å². The van der Waals surface area contributed by atoms with Crippen LogP contribution in [-0.2, 0) is 0 Å². The Bertz CT molecular complexity index is 322. The van der Waals surface area contributed by atoms with Crippen molar-refractivity contribution in [3.05, 3.63) is 29.3 Å². The number of hydrogen-bond donors (Lipinski definition) is 1. The van der Waals surface area contributed by atoms with Gasteiger partial charge < -0.3 is 5.11 Å². The number of aromatic hydroxyl groups is 1. The van der Waals surface area contributed by atoms with Crippen LogP contribution >= 0.6 is 0 Å². The molecule has 0 heterocycles. The summed E-state index contributed by atoms with van der Waals surface area (Å²) in [5.41, 5.74) is 2.11. The van der Waals surface area contributed by atoms with Crippen LogP contribution in [0, 0.1) is 6.92 Å². The number of phenolic OH excluding ortho intramolecular Hbond substituents is 1. The van der Waals surface area contributed by atoms with Gasteiger partial charge in [-0.1, -0.05) is 19.1 Å². The van der Waals surface area contributed by atoms with Crippen molar-refractivity contribution in [1.82, 2.24) is 4.90 Å². The fourth-order valence-electron chi connectivity index (χ4n) is 1.79. The summed E-state index contributed by atoms with van der Waals surface area (Å²) < 4.78 is 0. The van der Waals surface area contributed by atoms with Crippen LogP contribution in [0.1, 0.15) is 37.4 Å². The fourth-order valence-corrected chi connectivity index (χ4v) is 1.79. The second-order valence-electron chi connectivity index (χ2n) is 4.22. The second-order valence-corrected chi connectivity index (χ2v) is 4.22. The third kappa shape index (κ3) is 2.96. The lowest BCUT2D eigenvalue weighted by Gasteiger charge is -2.25. The largest absolute Gasteiger partial charge is 0.508 e. The molecule has 1 aromatic carbocycles. The number of phenols is 1. The summed E-state index contributed by atoms with van der Waals surface area (Å²) in [4.78, 5) is 2.25. The lowest BCUT2D eigenvalue weighted by molar-refractivity contribution is 0.257. The molecule has 0 aromatic heterocycles. The Morgan fingerprint density at radius 2 is 2.07 bits per heavy atom. The molecule has 1 rings (SSSR count). The minimum Gasteiger partial charge on any atom is -0.508 e. The Morgan fingerprint density at radius 3 is 2.60 bits per heavy atom. The molecule has 0 aliphatic carbocycles. The molecule has 0 saturated carbocycles. The van der Waals surface area contributed by atoms with Crippen molar-refractivity contribution in [1.29, 1.82) is 0 Å². The molecule has 0 amide bonds. The molecule has 1 aromatic rings. The molecule has 0 fully saturated rings. The standard InChI is InChI=1S/C13H21NO/c1-5-8-14(4)11(3)12-7-6-10(2)9-13(12)15/h6-7,9,11,15H,5,8H2,1-4H3. The van der Waals surface area contributed by atoms with E-state index in [9.17, 15) is 5.11 Å². The van der Waals surface area contributed by atoms with E-state index in [1.807, 2.05) is 25.1 Å². The molecule has 0 radical (unpaired) electrons. The lowest BCUT2D eigenvalue weighted by atomic mass is 10.0. The summed E-state index contributed by atoms with van der Waals surface area (Å²) in [6.45, 7) is 7.33. The summed E-state index contributed by atoms with van der Waals surface area (Å²) in [6.07, 6.45) is 1.13. The molecule has 2 nitrogen and oxygen atoms in total. The molecule has 15 heavy (non-hydrogen) atoms. The van der Waals surface area contributed by atoms with Gasteiger partial charge in [-0.3, -0.25) is 4.90 Å². The van der Waals surface area contributed by atoms with Crippen LogP contribution in [0.4, 0.5) is 0 Å². The average molecular weight is 207 g/mol. The summed E-state index contributed by atoms with van der Waals surface area (Å²) in [6, 6.07) is 6.16. The minimum absolute atomic E-state index is 0.269. The van der Waals surface area contributed by atoms with Crippen molar-refractivity contribution in [2.75, 3.05) is 13.6 Å². The van der Waals surface area contributed by atoms with Crippen molar-refractivity contribution in [3.63, 3.8) is 0 Å². The molecule has 0 saturated heterocycles. The van der Waals surface area contributed by atoms with Crippen LogP contribution < -0.4 is 0 Å². The van der Waals surface area contributed by atoms with Gasteiger partial charge in [0, 0.05) is 11.6 Å². The van der Waals surface area contributed by atoms with Crippen molar-refractivity contribution < 1.29 is 5.11 Å². The highest BCUT2D eigenvalue weighted by Gasteiger charge is 2.14. The van der Waals surface area contributed by atoms with Gasteiger partial charge in [-0.2, -0.15) is 0 Å². The first-order valence-electron chi connectivity index (χ1n) is 5.56. The van der Waals surface area contributed by atoms with Gasteiger partial charge in [-0.05, 0) is 45.5 Å². The van der Waals surface area contributed by atoms with E-state index in [4.69, 9.17) is 0 Å². The molecule has 84 valence electrons. The average Bonchev–Trinajstić information content (AvgIpc) is 2.17. The number of rotatable bonds is 4. The van der Waals surface area contributed by atoms with Crippen molar-refractivity contribution in [2.24, 2.45) is 0 Å². The van der Waals surface area contributed by atoms with Crippen molar-refractivity contribution in [2.45, 2.75) is 33.2 Å². The SMILES string of the molecule is CCCN(C)C(C)c1ccc(C)cc1O. The van der Waals surface area contributed by atoms with Crippen LogP contribution in [0.5, 0.6) is 5.75 Å². The number of aryl methyl sites for hydroxylation is 1. The maximum Gasteiger partial charge on any atom is 0.120 e. The highest BCUT2D eigenvalue weighted by Crippen LogP contribution is 2.28. The third-order valence-electron chi connectivity index (χ3n) is 2.87. The quantitative estimate of drug-likeness (QED) is 0.820. The second kappa shape index (κ2) is 5.17. The Morgan fingerprint density at radius 1 is 1.40 bits per heavy atom. The van der Waals surface area contributed by atoms with Gasteiger partial charge in [0.2, 0.25) is 0 Å². The van der Waals surface area contributed by atoms with Gasteiger partial charge >= 0.3 is 0 Å². The Hall–Kier alpha value is -1.02. The normalized spacial score (nSPS) is 13.1. The van der Waals surface area contributed by atoms with Gasteiger partial charge in [0.25, 0.3) is 0 Å². The van der Waals surface area contributed by atoms with E-state index in [-0.39, 0.29) is 6.04 Å². The van der Waals surface area contributed by atoms with E-state index < -0.39 is 0 Å². The Labute approximate surface area is 92.5 Å². The Kier molecular flexibility index (Phi) is 4.15. The molecule has 0 aliphatic rings.